The molecule has 0 N–H and O–H groups in total. The minimum absolute atomic E-state index is 0.376. The van der Waals surface area contributed by atoms with Crippen molar-refractivity contribution in [1.82, 2.24) is 19.2 Å². The highest BCUT2D eigenvalue weighted by Crippen LogP contribution is 2.19. The molecule has 0 bridgehead atoms. The van der Waals surface area contributed by atoms with Crippen LogP contribution in [0.25, 0.3) is 11.6 Å². The van der Waals surface area contributed by atoms with Crippen LogP contribution in [-0.4, -0.2) is 25.3 Å². The molecule has 3 aromatic rings. The maximum Gasteiger partial charge on any atom is 0.199 e. The van der Waals surface area contributed by atoms with Crippen molar-refractivity contribution in [2.75, 3.05) is 0 Å². The number of rotatable bonds is 7. The van der Waals surface area contributed by atoms with Gasteiger partial charge in [-0.2, -0.15) is 0 Å². The Labute approximate surface area is 153 Å². The van der Waals surface area contributed by atoms with E-state index in [4.69, 9.17) is 21.7 Å². The first-order valence-corrected chi connectivity index (χ1v) is 9.00. The van der Waals surface area contributed by atoms with Gasteiger partial charge in [-0.3, -0.25) is 9.47 Å². The molecule has 1 aromatic carbocycles. The largest absolute Gasteiger partial charge is 0.461 e. The van der Waals surface area contributed by atoms with E-state index in [0.29, 0.717) is 17.5 Å². The minimum atomic E-state index is 0.376. The first-order valence-electron chi connectivity index (χ1n) is 8.59. The van der Waals surface area contributed by atoms with Crippen molar-refractivity contribution < 1.29 is 4.42 Å². The third kappa shape index (κ3) is 3.91. The van der Waals surface area contributed by atoms with E-state index in [1.165, 1.54) is 5.56 Å². The van der Waals surface area contributed by atoms with Crippen molar-refractivity contribution in [3.63, 3.8) is 0 Å². The molecular formula is C19H24N4OS. The Morgan fingerprint density at radius 3 is 2.52 bits per heavy atom. The van der Waals surface area contributed by atoms with Crippen molar-refractivity contribution in [2.45, 2.75) is 46.6 Å². The van der Waals surface area contributed by atoms with Crippen LogP contribution in [0.5, 0.6) is 0 Å². The lowest BCUT2D eigenvalue weighted by atomic mass is 10.2. The summed E-state index contributed by atoms with van der Waals surface area (Å²) in [4.78, 5) is 2.35. The lowest BCUT2D eigenvalue weighted by Crippen LogP contribution is -2.33. The minimum Gasteiger partial charge on any atom is -0.461 e. The van der Waals surface area contributed by atoms with Crippen molar-refractivity contribution >= 4 is 12.2 Å². The van der Waals surface area contributed by atoms with Gasteiger partial charge in [0.1, 0.15) is 0 Å². The van der Waals surface area contributed by atoms with Gasteiger partial charge in [-0.15, -0.1) is 5.10 Å². The number of hydrogen-bond donors (Lipinski definition) is 0. The van der Waals surface area contributed by atoms with Gasteiger partial charge in [0.05, 0.1) is 12.9 Å². The van der Waals surface area contributed by atoms with Crippen LogP contribution >= 0.6 is 12.2 Å². The summed E-state index contributed by atoms with van der Waals surface area (Å²) in [5.41, 5.74) is 1.28. The third-order valence-corrected chi connectivity index (χ3v) is 4.69. The Balaban J connectivity index is 1.89. The van der Waals surface area contributed by atoms with Crippen LogP contribution in [0.3, 0.4) is 0 Å². The molecule has 0 saturated heterocycles. The zero-order valence-electron chi connectivity index (χ0n) is 14.9. The molecule has 3 rings (SSSR count). The quantitative estimate of drug-likeness (QED) is 0.582. The standard InChI is InChI=1S/C19H24N4OS/c1-4-22-18(17-11-8-12-24-17)20-23(19(22)25)14-21(15(2)3)13-16-9-6-5-7-10-16/h5-12,15H,4,13-14H2,1-3H3. The highest BCUT2D eigenvalue weighted by molar-refractivity contribution is 7.71. The van der Waals surface area contributed by atoms with Gasteiger partial charge in [0.2, 0.25) is 0 Å². The first-order chi connectivity index (χ1) is 12.1. The van der Waals surface area contributed by atoms with Crippen LogP contribution in [0.4, 0.5) is 0 Å². The fraction of sp³-hybridized carbons (Fsp3) is 0.368. The average Bonchev–Trinajstić information content (AvgIpc) is 3.23. The highest BCUT2D eigenvalue weighted by Gasteiger charge is 2.17. The van der Waals surface area contributed by atoms with Crippen LogP contribution in [0.1, 0.15) is 26.3 Å². The van der Waals surface area contributed by atoms with E-state index < -0.39 is 0 Å². The van der Waals surface area contributed by atoms with E-state index in [2.05, 4.69) is 49.9 Å². The van der Waals surface area contributed by atoms with E-state index in [1.54, 1.807) is 6.26 Å². The summed E-state index contributed by atoms with van der Waals surface area (Å²) in [6.45, 7) is 8.71. The summed E-state index contributed by atoms with van der Waals surface area (Å²) in [6.07, 6.45) is 1.66. The number of benzene rings is 1. The van der Waals surface area contributed by atoms with Gasteiger partial charge in [0.25, 0.3) is 0 Å². The Hall–Kier alpha value is -2.18. The van der Waals surface area contributed by atoms with Crippen molar-refractivity contribution in [2.24, 2.45) is 0 Å². The van der Waals surface area contributed by atoms with Crippen LogP contribution < -0.4 is 0 Å². The Morgan fingerprint density at radius 2 is 1.92 bits per heavy atom. The number of nitrogens with zero attached hydrogens (tertiary/aromatic N) is 4. The molecule has 0 amide bonds. The molecule has 0 saturated carbocycles. The molecule has 6 heteroatoms. The van der Waals surface area contributed by atoms with Crippen molar-refractivity contribution in [3.05, 3.63) is 59.1 Å². The zero-order chi connectivity index (χ0) is 17.8. The zero-order valence-corrected chi connectivity index (χ0v) is 15.7. The predicted molar refractivity (Wildman–Crippen MR) is 102 cm³/mol. The van der Waals surface area contributed by atoms with E-state index >= 15 is 0 Å². The molecule has 0 unspecified atom stereocenters. The van der Waals surface area contributed by atoms with Gasteiger partial charge in [0, 0.05) is 19.1 Å². The van der Waals surface area contributed by atoms with Gasteiger partial charge < -0.3 is 4.42 Å². The Morgan fingerprint density at radius 1 is 1.16 bits per heavy atom. The van der Waals surface area contributed by atoms with E-state index in [9.17, 15) is 0 Å². The number of aromatic nitrogens is 3. The second kappa shape index (κ2) is 7.80. The van der Waals surface area contributed by atoms with Crippen molar-refractivity contribution in [3.8, 4) is 11.6 Å². The maximum atomic E-state index is 5.65. The Kier molecular flexibility index (Phi) is 5.50. The second-order valence-electron chi connectivity index (χ2n) is 6.29. The van der Waals surface area contributed by atoms with Crippen molar-refractivity contribution in [1.29, 1.82) is 0 Å². The fourth-order valence-electron chi connectivity index (χ4n) is 2.79. The number of hydrogen-bond acceptors (Lipinski definition) is 4. The summed E-state index contributed by atoms with van der Waals surface area (Å²) >= 11 is 5.65. The molecule has 2 aromatic heterocycles. The van der Waals surface area contributed by atoms with Gasteiger partial charge >= 0.3 is 0 Å². The SMILES string of the molecule is CCn1c(-c2ccco2)nn(CN(Cc2ccccc2)C(C)C)c1=S. The summed E-state index contributed by atoms with van der Waals surface area (Å²) in [7, 11) is 0. The van der Waals surface area contributed by atoms with E-state index in [1.807, 2.05) is 27.4 Å². The molecule has 132 valence electrons. The molecule has 0 aliphatic carbocycles. The molecule has 0 aliphatic rings. The first kappa shape index (κ1) is 17.6. The molecule has 0 spiro atoms. The van der Waals surface area contributed by atoms with Crippen LogP contribution in [0, 0.1) is 4.77 Å². The smallest absolute Gasteiger partial charge is 0.199 e. The molecule has 2 heterocycles. The number of furan rings is 1. The molecule has 0 fully saturated rings. The maximum absolute atomic E-state index is 5.65. The predicted octanol–water partition coefficient (Wildman–Crippen LogP) is 4.56. The average molecular weight is 356 g/mol. The molecule has 0 aliphatic heterocycles. The normalized spacial score (nSPS) is 11.6. The summed E-state index contributed by atoms with van der Waals surface area (Å²) < 4.78 is 10.1. The molecule has 5 nitrogen and oxygen atoms in total. The van der Waals surface area contributed by atoms with Gasteiger partial charge in [-0.25, -0.2) is 4.68 Å². The lowest BCUT2D eigenvalue weighted by molar-refractivity contribution is 0.153. The monoisotopic (exact) mass is 356 g/mol. The molecule has 25 heavy (non-hydrogen) atoms. The molecular weight excluding hydrogens is 332 g/mol. The van der Waals surface area contributed by atoms with E-state index in [0.717, 1.165) is 24.7 Å². The van der Waals surface area contributed by atoms with Gasteiger partial charge in [0.15, 0.2) is 16.4 Å². The second-order valence-corrected chi connectivity index (χ2v) is 6.66. The third-order valence-electron chi connectivity index (χ3n) is 4.25. The van der Waals surface area contributed by atoms with Gasteiger partial charge in [-0.1, -0.05) is 30.3 Å². The van der Waals surface area contributed by atoms with Crippen LogP contribution in [0.2, 0.25) is 0 Å². The lowest BCUT2D eigenvalue weighted by Gasteiger charge is -2.26. The summed E-state index contributed by atoms with van der Waals surface area (Å²) in [5, 5.41) is 4.73. The Bertz CT molecular complexity index is 849. The highest BCUT2D eigenvalue weighted by atomic mass is 32.1. The molecule has 0 radical (unpaired) electrons. The van der Waals surface area contributed by atoms with Crippen LogP contribution in [-0.2, 0) is 19.8 Å². The topological polar surface area (TPSA) is 39.1 Å². The van der Waals surface area contributed by atoms with Crippen LogP contribution in [0.15, 0.2) is 53.1 Å². The summed E-state index contributed by atoms with van der Waals surface area (Å²) in [5.74, 6) is 1.52. The van der Waals surface area contributed by atoms with E-state index in [-0.39, 0.29) is 0 Å². The van der Waals surface area contributed by atoms with Gasteiger partial charge in [-0.05, 0) is 50.7 Å². The summed E-state index contributed by atoms with van der Waals surface area (Å²) in [6, 6.07) is 14.6. The molecule has 0 atom stereocenters. The fourth-order valence-corrected chi connectivity index (χ4v) is 3.11.